The zero-order valence-corrected chi connectivity index (χ0v) is 21.3. The van der Waals surface area contributed by atoms with E-state index in [1.807, 2.05) is 60.5 Å². The minimum Gasteiger partial charge on any atom is -0.496 e. The van der Waals surface area contributed by atoms with Crippen molar-refractivity contribution in [3.8, 4) is 5.75 Å². The molecule has 32 heavy (non-hydrogen) atoms. The van der Waals surface area contributed by atoms with Crippen LogP contribution in [0.15, 0.2) is 53.5 Å². The van der Waals surface area contributed by atoms with Crippen molar-refractivity contribution < 1.29 is 14.3 Å². The molecule has 0 radical (unpaired) electrons. The largest absolute Gasteiger partial charge is 0.496 e. The molecule has 0 spiro atoms. The number of guanidine groups is 1. The molecule has 2 aromatic carbocycles. The van der Waals surface area contributed by atoms with Crippen LogP contribution in [0.5, 0.6) is 5.75 Å². The smallest absolute Gasteiger partial charge is 0.251 e. The SMILES string of the molecule is CN=C(NCc1cccc(C(=O)NCC2CCCO2)c1)N(C)Cc1ccccc1OC.I. The number of amides is 1. The van der Waals surface area contributed by atoms with Crippen molar-refractivity contribution in [3.63, 3.8) is 0 Å². The first-order valence-electron chi connectivity index (χ1n) is 10.6. The number of halogens is 1. The Kier molecular flexibility index (Phi) is 10.8. The summed E-state index contributed by atoms with van der Waals surface area (Å²) in [6.07, 6.45) is 2.20. The molecule has 1 aliphatic heterocycles. The van der Waals surface area contributed by atoms with Gasteiger partial charge in [0.2, 0.25) is 0 Å². The molecule has 1 aliphatic rings. The van der Waals surface area contributed by atoms with Crippen molar-refractivity contribution in [1.29, 1.82) is 0 Å². The second kappa shape index (κ2) is 13.3. The number of para-hydroxylation sites is 1. The fraction of sp³-hybridized carbons (Fsp3) is 0.417. The maximum atomic E-state index is 12.5. The number of benzene rings is 2. The number of carbonyl (C=O) groups is 1. The van der Waals surface area contributed by atoms with Gasteiger partial charge in [0.05, 0.1) is 13.2 Å². The highest BCUT2D eigenvalue weighted by Gasteiger charge is 2.17. The third-order valence-corrected chi connectivity index (χ3v) is 5.33. The normalized spacial score (nSPS) is 15.6. The van der Waals surface area contributed by atoms with Crippen molar-refractivity contribution >= 4 is 35.8 Å². The van der Waals surface area contributed by atoms with E-state index in [2.05, 4.69) is 15.6 Å². The van der Waals surface area contributed by atoms with Gasteiger partial charge in [-0.2, -0.15) is 0 Å². The molecule has 0 bridgehead atoms. The van der Waals surface area contributed by atoms with Gasteiger partial charge in [-0.3, -0.25) is 9.79 Å². The summed E-state index contributed by atoms with van der Waals surface area (Å²) in [5.41, 5.74) is 2.74. The average molecular weight is 552 g/mol. The van der Waals surface area contributed by atoms with Gasteiger partial charge in [0, 0.05) is 51.5 Å². The lowest BCUT2D eigenvalue weighted by Gasteiger charge is -2.23. The second-order valence-electron chi connectivity index (χ2n) is 7.61. The lowest BCUT2D eigenvalue weighted by Crippen LogP contribution is -2.38. The lowest BCUT2D eigenvalue weighted by molar-refractivity contribution is 0.0857. The summed E-state index contributed by atoms with van der Waals surface area (Å²) in [6.45, 7) is 2.57. The third-order valence-electron chi connectivity index (χ3n) is 5.33. The van der Waals surface area contributed by atoms with Crippen molar-refractivity contribution in [1.82, 2.24) is 15.5 Å². The first-order chi connectivity index (χ1) is 15.1. The molecular formula is C24H33IN4O3. The Labute approximate surface area is 207 Å². The third kappa shape index (κ3) is 7.37. The number of hydrogen-bond donors (Lipinski definition) is 2. The van der Waals surface area contributed by atoms with E-state index in [-0.39, 0.29) is 36.0 Å². The van der Waals surface area contributed by atoms with E-state index in [0.717, 1.165) is 42.3 Å². The van der Waals surface area contributed by atoms with Crippen LogP contribution in [0.25, 0.3) is 0 Å². The molecule has 8 heteroatoms. The molecular weight excluding hydrogens is 519 g/mol. The number of rotatable bonds is 8. The van der Waals surface area contributed by atoms with Crippen molar-refractivity contribution in [2.75, 3.05) is 34.4 Å². The molecule has 7 nitrogen and oxygen atoms in total. The number of nitrogens with zero attached hydrogens (tertiary/aromatic N) is 2. The van der Waals surface area contributed by atoms with Gasteiger partial charge in [0.1, 0.15) is 5.75 Å². The number of ether oxygens (including phenoxy) is 2. The van der Waals surface area contributed by atoms with Crippen LogP contribution in [0.3, 0.4) is 0 Å². The van der Waals surface area contributed by atoms with Crippen LogP contribution in [0.2, 0.25) is 0 Å². The summed E-state index contributed by atoms with van der Waals surface area (Å²) in [7, 11) is 5.42. The molecule has 1 fully saturated rings. The van der Waals surface area contributed by atoms with Gasteiger partial charge in [0.15, 0.2) is 5.96 Å². The van der Waals surface area contributed by atoms with Crippen LogP contribution in [-0.4, -0.2) is 57.2 Å². The van der Waals surface area contributed by atoms with Crippen LogP contribution in [0.1, 0.15) is 34.3 Å². The molecule has 1 atom stereocenters. The van der Waals surface area contributed by atoms with Gasteiger partial charge in [-0.15, -0.1) is 24.0 Å². The summed E-state index contributed by atoms with van der Waals surface area (Å²) in [5.74, 6) is 1.54. The fourth-order valence-electron chi connectivity index (χ4n) is 3.67. The predicted molar refractivity (Wildman–Crippen MR) is 138 cm³/mol. The van der Waals surface area contributed by atoms with Crippen LogP contribution in [0, 0.1) is 0 Å². The number of aliphatic imine (C=N–C) groups is 1. The number of carbonyl (C=O) groups excluding carboxylic acids is 1. The molecule has 1 amide bonds. The number of hydrogen-bond acceptors (Lipinski definition) is 4. The topological polar surface area (TPSA) is 75.2 Å². The molecule has 1 saturated heterocycles. The quantitative estimate of drug-likeness (QED) is 0.298. The van der Waals surface area contributed by atoms with Crippen LogP contribution in [0.4, 0.5) is 0 Å². The van der Waals surface area contributed by atoms with Gasteiger partial charge < -0.3 is 25.0 Å². The summed E-state index contributed by atoms with van der Waals surface area (Å²) in [5, 5.41) is 6.34. The molecule has 3 rings (SSSR count). The highest BCUT2D eigenvalue weighted by molar-refractivity contribution is 14.0. The minimum atomic E-state index is -0.0741. The maximum Gasteiger partial charge on any atom is 0.251 e. The Morgan fingerprint density at radius 1 is 1.22 bits per heavy atom. The zero-order chi connectivity index (χ0) is 22.1. The van der Waals surface area contributed by atoms with Gasteiger partial charge in [0.25, 0.3) is 5.91 Å². The van der Waals surface area contributed by atoms with E-state index >= 15 is 0 Å². The predicted octanol–water partition coefficient (Wildman–Crippen LogP) is 3.43. The summed E-state index contributed by atoms with van der Waals surface area (Å²) < 4.78 is 11.0. The Bertz CT molecular complexity index is 900. The van der Waals surface area contributed by atoms with E-state index in [0.29, 0.717) is 25.2 Å². The van der Waals surface area contributed by atoms with E-state index < -0.39 is 0 Å². The Hall–Kier alpha value is -2.33. The average Bonchev–Trinajstić information content (AvgIpc) is 3.32. The molecule has 0 aromatic heterocycles. The van der Waals surface area contributed by atoms with E-state index in [4.69, 9.17) is 9.47 Å². The van der Waals surface area contributed by atoms with Gasteiger partial charge in [-0.25, -0.2) is 0 Å². The summed E-state index contributed by atoms with van der Waals surface area (Å²) >= 11 is 0. The van der Waals surface area contributed by atoms with E-state index in [9.17, 15) is 4.79 Å². The molecule has 1 unspecified atom stereocenters. The van der Waals surface area contributed by atoms with Crippen molar-refractivity contribution in [2.24, 2.45) is 4.99 Å². The Balaban J connectivity index is 0.00000363. The first kappa shape index (κ1) is 25.9. The highest BCUT2D eigenvalue weighted by atomic mass is 127. The fourth-order valence-corrected chi connectivity index (χ4v) is 3.67. The monoisotopic (exact) mass is 552 g/mol. The van der Waals surface area contributed by atoms with E-state index in [1.165, 1.54) is 0 Å². The van der Waals surface area contributed by atoms with Crippen LogP contribution >= 0.6 is 24.0 Å². The molecule has 0 aliphatic carbocycles. The van der Waals surface area contributed by atoms with Crippen LogP contribution < -0.4 is 15.4 Å². The van der Waals surface area contributed by atoms with Gasteiger partial charge in [-0.05, 0) is 36.6 Å². The molecule has 2 N–H and O–H groups in total. The number of nitrogens with one attached hydrogen (secondary N) is 2. The molecule has 174 valence electrons. The summed E-state index contributed by atoms with van der Waals surface area (Å²) in [4.78, 5) is 18.9. The van der Waals surface area contributed by atoms with Crippen molar-refractivity contribution in [2.45, 2.75) is 32.0 Å². The molecule has 2 aromatic rings. The van der Waals surface area contributed by atoms with Gasteiger partial charge >= 0.3 is 0 Å². The number of methoxy groups -OCH3 is 1. The highest BCUT2D eigenvalue weighted by Crippen LogP contribution is 2.18. The lowest BCUT2D eigenvalue weighted by atomic mass is 10.1. The van der Waals surface area contributed by atoms with Gasteiger partial charge in [-0.1, -0.05) is 30.3 Å². The van der Waals surface area contributed by atoms with E-state index in [1.54, 1.807) is 14.2 Å². The Morgan fingerprint density at radius 3 is 2.75 bits per heavy atom. The Morgan fingerprint density at radius 2 is 2.03 bits per heavy atom. The standard InChI is InChI=1S/C24H32N4O3.HI/c1-25-24(28(2)17-20-9-4-5-12-22(20)30-3)27-15-18-8-6-10-19(14-18)23(29)26-16-21-11-7-13-31-21;/h4-6,8-10,12,14,21H,7,11,13,15-17H2,1-3H3,(H,25,27)(H,26,29);1H. The van der Waals surface area contributed by atoms with Crippen molar-refractivity contribution in [3.05, 3.63) is 65.2 Å². The minimum absolute atomic E-state index is 0. The second-order valence-corrected chi connectivity index (χ2v) is 7.61. The summed E-state index contributed by atoms with van der Waals surface area (Å²) in [6, 6.07) is 15.6. The molecule has 0 saturated carbocycles. The molecule has 1 heterocycles. The van der Waals surface area contributed by atoms with Crippen LogP contribution in [-0.2, 0) is 17.8 Å². The zero-order valence-electron chi connectivity index (χ0n) is 19.0. The first-order valence-corrected chi connectivity index (χ1v) is 10.6. The maximum absolute atomic E-state index is 12.5.